The van der Waals surface area contributed by atoms with Gasteiger partial charge in [-0.3, -0.25) is 5.32 Å². The van der Waals surface area contributed by atoms with E-state index in [-0.39, 0.29) is 11.7 Å². The smallest absolute Gasteiger partial charge is 0.327 e. The van der Waals surface area contributed by atoms with E-state index >= 15 is 0 Å². The first-order valence-corrected chi connectivity index (χ1v) is 7.21. The quantitative estimate of drug-likeness (QED) is 0.750. The van der Waals surface area contributed by atoms with Gasteiger partial charge in [0, 0.05) is 13.1 Å². The second-order valence-electron chi connectivity index (χ2n) is 5.45. The second-order valence-corrected chi connectivity index (χ2v) is 5.45. The van der Waals surface area contributed by atoms with Crippen LogP contribution in [0.25, 0.3) is 0 Å². The number of nitrogens with zero attached hydrogens (tertiary/aromatic N) is 1. The molecule has 0 bridgehead atoms. The molecule has 21 heavy (non-hydrogen) atoms. The predicted molar refractivity (Wildman–Crippen MR) is 83.5 cm³/mol. The van der Waals surface area contributed by atoms with Crippen molar-refractivity contribution in [1.82, 2.24) is 10.2 Å². The number of hydrogen-bond donors (Lipinski definition) is 2. The van der Waals surface area contributed by atoms with Gasteiger partial charge in [0.25, 0.3) is 0 Å². The van der Waals surface area contributed by atoms with Crippen molar-refractivity contribution < 1.29 is 14.6 Å². The lowest BCUT2D eigenvalue weighted by atomic mass is 10.00. The van der Waals surface area contributed by atoms with Crippen LogP contribution in [0.1, 0.15) is 29.7 Å². The maximum Gasteiger partial charge on any atom is 0.327 e. The van der Waals surface area contributed by atoms with Gasteiger partial charge in [0.2, 0.25) is 0 Å². The lowest BCUT2D eigenvalue weighted by molar-refractivity contribution is -0.145. The van der Waals surface area contributed by atoms with Crippen LogP contribution >= 0.6 is 0 Å². The van der Waals surface area contributed by atoms with Crippen molar-refractivity contribution in [1.29, 1.82) is 0 Å². The highest BCUT2D eigenvalue weighted by atomic mass is 16.5. The van der Waals surface area contributed by atoms with Gasteiger partial charge in [-0.1, -0.05) is 12.1 Å². The van der Waals surface area contributed by atoms with Crippen LogP contribution in [0.15, 0.2) is 12.1 Å². The van der Waals surface area contributed by atoms with Crippen LogP contribution in [0, 0.1) is 13.8 Å². The molecule has 5 heteroatoms. The van der Waals surface area contributed by atoms with E-state index in [4.69, 9.17) is 4.74 Å². The topological polar surface area (TPSA) is 61.8 Å². The van der Waals surface area contributed by atoms with Crippen LogP contribution in [-0.2, 0) is 9.53 Å². The Labute approximate surface area is 126 Å². The molecule has 0 spiro atoms. The Morgan fingerprint density at radius 2 is 1.90 bits per heavy atom. The Morgan fingerprint density at radius 1 is 1.33 bits per heavy atom. The first-order chi connectivity index (χ1) is 9.86. The summed E-state index contributed by atoms with van der Waals surface area (Å²) in [7, 11) is 3.96. The molecule has 2 N–H and O–H groups in total. The lowest BCUT2D eigenvalue weighted by Gasteiger charge is -2.20. The molecule has 0 amide bonds. The van der Waals surface area contributed by atoms with Crippen molar-refractivity contribution in [3.8, 4) is 5.75 Å². The SMILES string of the molecule is CCOC(=O)C(NCCN(C)C)c1cc(C)c(O)c(C)c1. The number of likely N-dealkylation sites (N-methyl/N-ethyl adjacent to an activating group) is 1. The fourth-order valence-electron chi connectivity index (χ4n) is 2.15. The Kier molecular flexibility index (Phi) is 6.65. The van der Waals surface area contributed by atoms with Crippen LogP contribution < -0.4 is 5.32 Å². The third-order valence-electron chi connectivity index (χ3n) is 3.28. The summed E-state index contributed by atoms with van der Waals surface area (Å²) in [6.07, 6.45) is 0. The average Bonchev–Trinajstić information content (AvgIpc) is 2.40. The first-order valence-electron chi connectivity index (χ1n) is 7.21. The van der Waals surface area contributed by atoms with Crippen molar-refractivity contribution in [3.05, 3.63) is 28.8 Å². The fourth-order valence-corrected chi connectivity index (χ4v) is 2.15. The minimum absolute atomic E-state index is 0.273. The van der Waals surface area contributed by atoms with Gasteiger partial charge >= 0.3 is 5.97 Å². The number of aromatic hydroxyl groups is 1. The van der Waals surface area contributed by atoms with Crippen LogP contribution in [0.2, 0.25) is 0 Å². The molecule has 0 saturated carbocycles. The number of carbonyl (C=O) groups excluding carboxylic acids is 1. The van der Waals surface area contributed by atoms with E-state index in [1.165, 1.54) is 0 Å². The molecule has 1 aromatic carbocycles. The zero-order chi connectivity index (χ0) is 16.0. The summed E-state index contributed by atoms with van der Waals surface area (Å²) in [5.74, 6) is -0.0182. The van der Waals surface area contributed by atoms with Gasteiger partial charge in [-0.25, -0.2) is 4.79 Å². The summed E-state index contributed by atoms with van der Waals surface area (Å²) in [6, 6.07) is 3.14. The van der Waals surface area contributed by atoms with Crippen LogP contribution in [0.4, 0.5) is 0 Å². The summed E-state index contributed by atoms with van der Waals surface area (Å²) in [5, 5.41) is 13.1. The number of nitrogens with one attached hydrogen (secondary N) is 1. The molecule has 0 aliphatic carbocycles. The Hall–Kier alpha value is -1.59. The lowest BCUT2D eigenvalue weighted by Crippen LogP contribution is -2.35. The van der Waals surface area contributed by atoms with Gasteiger partial charge in [0.15, 0.2) is 0 Å². The number of phenols is 1. The van der Waals surface area contributed by atoms with Crippen molar-refractivity contribution in [2.75, 3.05) is 33.8 Å². The van der Waals surface area contributed by atoms with Gasteiger partial charge < -0.3 is 14.7 Å². The summed E-state index contributed by atoms with van der Waals surface area (Å²) in [5.41, 5.74) is 2.34. The van der Waals surface area contributed by atoms with Gasteiger partial charge in [-0.15, -0.1) is 0 Å². The molecule has 5 nitrogen and oxygen atoms in total. The maximum atomic E-state index is 12.2. The molecule has 0 fully saturated rings. The van der Waals surface area contributed by atoms with Gasteiger partial charge in [-0.2, -0.15) is 0 Å². The molecule has 0 saturated heterocycles. The van der Waals surface area contributed by atoms with Crippen molar-refractivity contribution in [2.24, 2.45) is 0 Å². The molecule has 118 valence electrons. The molecular formula is C16H26N2O3. The number of rotatable bonds is 7. The summed E-state index contributed by atoms with van der Waals surface area (Å²) < 4.78 is 5.15. The molecule has 1 unspecified atom stereocenters. The van der Waals surface area contributed by atoms with Gasteiger partial charge in [-0.05, 0) is 51.6 Å². The first kappa shape index (κ1) is 17.5. The van der Waals surface area contributed by atoms with E-state index < -0.39 is 6.04 Å². The highest BCUT2D eigenvalue weighted by Crippen LogP contribution is 2.26. The molecule has 1 aromatic rings. The molecule has 0 radical (unpaired) electrons. The van der Waals surface area contributed by atoms with Gasteiger partial charge in [0.1, 0.15) is 11.8 Å². The summed E-state index contributed by atoms with van der Waals surface area (Å²) in [6.45, 7) is 7.30. The minimum atomic E-state index is -0.511. The number of ether oxygens (including phenoxy) is 1. The van der Waals surface area contributed by atoms with Crippen LogP contribution in [0.5, 0.6) is 5.75 Å². The molecule has 0 heterocycles. The van der Waals surface area contributed by atoms with Crippen molar-refractivity contribution in [3.63, 3.8) is 0 Å². The summed E-state index contributed by atoms with van der Waals surface area (Å²) in [4.78, 5) is 14.2. The predicted octanol–water partition coefficient (Wildman–Crippen LogP) is 1.76. The normalized spacial score (nSPS) is 12.5. The average molecular weight is 294 g/mol. The molecule has 1 atom stereocenters. The Morgan fingerprint density at radius 3 is 2.38 bits per heavy atom. The summed E-state index contributed by atoms with van der Waals surface area (Å²) >= 11 is 0. The standard InChI is InChI=1S/C16H26N2O3/c1-6-21-16(20)14(17-7-8-18(4)5)13-9-11(2)15(19)12(3)10-13/h9-10,14,17,19H,6-8H2,1-5H3. The number of benzene rings is 1. The second kappa shape index (κ2) is 8.00. The fraction of sp³-hybridized carbons (Fsp3) is 0.562. The molecular weight excluding hydrogens is 268 g/mol. The zero-order valence-electron chi connectivity index (χ0n) is 13.6. The van der Waals surface area contributed by atoms with E-state index in [1.54, 1.807) is 6.92 Å². The number of aryl methyl sites for hydroxylation is 2. The highest BCUT2D eigenvalue weighted by molar-refractivity contribution is 5.78. The molecule has 1 rings (SSSR count). The highest BCUT2D eigenvalue weighted by Gasteiger charge is 2.22. The number of esters is 1. The molecule has 0 aliphatic heterocycles. The monoisotopic (exact) mass is 294 g/mol. The number of carbonyl (C=O) groups is 1. The van der Waals surface area contributed by atoms with E-state index in [2.05, 4.69) is 5.32 Å². The Balaban J connectivity index is 2.97. The third-order valence-corrected chi connectivity index (χ3v) is 3.28. The van der Waals surface area contributed by atoms with E-state index in [9.17, 15) is 9.90 Å². The zero-order valence-corrected chi connectivity index (χ0v) is 13.6. The molecule has 0 aliphatic rings. The van der Waals surface area contributed by atoms with E-state index in [0.717, 1.165) is 23.2 Å². The van der Waals surface area contributed by atoms with E-state index in [0.29, 0.717) is 13.2 Å². The maximum absolute atomic E-state index is 12.2. The largest absolute Gasteiger partial charge is 0.507 e. The van der Waals surface area contributed by atoms with Gasteiger partial charge in [0.05, 0.1) is 6.61 Å². The third kappa shape index (κ3) is 5.02. The van der Waals surface area contributed by atoms with Crippen LogP contribution in [0.3, 0.4) is 0 Å². The Bertz CT molecular complexity index is 463. The van der Waals surface area contributed by atoms with Crippen molar-refractivity contribution >= 4 is 5.97 Å². The number of phenolic OH excluding ortho intramolecular Hbond substituents is 1. The van der Waals surface area contributed by atoms with Crippen molar-refractivity contribution in [2.45, 2.75) is 26.8 Å². The molecule has 0 aromatic heterocycles. The van der Waals surface area contributed by atoms with E-state index in [1.807, 2.05) is 45.0 Å². The van der Waals surface area contributed by atoms with Crippen LogP contribution in [-0.4, -0.2) is 49.8 Å². The number of hydrogen-bond acceptors (Lipinski definition) is 5. The minimum Gasteiger partial charge on any atom is -0.507 e.